The minimum atomic E-state index is -0.826. The van der Waals surface area contributed by atoms with Crippen LogP contribution in [-0.4, -0.2) is 9.52 Å². The van der Waals surface area contributed by atoms with E-state index >= 15 is 0 Å². The first-order valence-corrected chi connectivity index (χ1v) is 27.6. The molecule has 0 nitrogen and oxygen atoms in total. The molecular weight excluding hydrogens is 839 g/mol. The van der Waals surface area contributed by atoms with Crippen molar-refractivity contribution in [2.24, 2.45) is 0 Å². The zero-order valence-corrected chi connectivity index (χ0v) is 40.1. The molecule has 0 spiro atoms. The Morgan fingerprint density at radius 2 is 0.983 bits per heavy atom. The van der Waals surface area contributed by atoms with Gasteiger partial charge in [-0.25, -0.2) is 0 Å². The summed E-state index contributed by atoms with van der Waals surface area (Å²) in [5.74, 6) is 0. The summed E-state index contributed by atoms with van der Waals surface area (Å²) in [6, 6.07) is 58.3. The molecule has 0 saturated heterocycles. The van der Waals surface area contributed by atoms with Crippen molar-refractivity contribution in [1.82, 2.24) is 0 Å². The van der Waals surface area contributed by atoms with Gasteiger partial charge >= 0.3 is 37.9 Å². The third-order valence-corrected chi connectivity index (χ3v) is 12.3. The van der Waals surface area contributed by atoms with Crippen molar-refractivity contribution in [3.05, 3.63) is 180 Å². The first-order valence-electron chi connectivity index (χ1n) is 20.3. The molecule has 294 valence electrons. The fraction of sp³-hybridized carbons (Fsp3) is 0.222. The molecule has 0 bridgehead atoms. The van der Waals surface area contributed by atoms with Crippen LogP contribution in [-0.2, 0) is 44.5 Å². The summed E-state index contributed by atoms with van der Waals surface area (Å²) in [5.41, 5.74) is 14.3. The van der Waals surface area contributed by atoms with E-state index in [1.54, 1.807) is 0 Å². The van der Waals surface area contributed by atoms with Gasteiger partial charge in [0.25, 0.3) is 0 Å². The number of halogens is 2. The summed E-state index contributed by atoms with van der Waals surface area (Å²) in [7, 11) is 10.7. The Morgan fingerprint density at radius 1 is 0.552 bits per heavy atom. The molecule has 0 saturated carbocycles. The molecule has 8 aromatic rings. The quantitative estimate of drug-likeness (QED) is 0.122. The molecule has 1 heterocycles. The Morgan fingerprint density at radius 3 is 1.43 bits per heavy atom. The Hall–Kier alpha value is -3.78. The fourth-order valence-electron chi connectivity index (χ4n) is 7.73. The summed E-state index contributed by atoms with van der Waals surface area (Å²) in [5, 5.41) is 8.33. The first-order chi connectivity index (χ1) is 27.9. The zero-order chi connectivity index (χ0) is 41.5. The van der Waals surface area contributed by atoms with Crippen LogP contribution in [0.25, 0.3) is 54.9 Å². The summed E-state index contributed by atoms with van der Waals surface area (Å²) < 4.78 is 0. The van der Waals surface area contributed by atoms with E-state index in [4.69, 9.17) is 17.0 Å². The summed E-state index contributed by atoms with van der Waals surface area (Å²) in [6.45, 7) is 18.2. The molecule has 4 heteroatoms. The smallest absolute Gasteiger partial charge is 0.0920 e. The second kappa shape index (κ2) is 19.5. The van der Waals surface area contributed by atoms with Crippen LogP contribution in [0.3, 0.4) is 0 Å². The van der Waals surface area contributed by atoms with Crippen LogP contribution < -0.4 is 10.4 Å². The SMILES string of the molecule is CCc1ccc2[cH-]c(C(C)(C)C)cc2c1-c1ccccc1.CCc1ccc2[cH-]c(C(C)(C)C)cc2c1-c1ccccc1.[Cl][Zr][Cl].[c-]1cccc2c1[Si]c1ccccc1-2. The van der Waals surface area contributed by atoms with E-state index in [0.29, 0.717) is 0 Å². The van der Waals surface area contributed by atoms with Crippen LogP contribution in [0, 0.1) is 6.07 Å². The van der Waals surface area contributed by atoms with Crippen molar-refractivity contribution in [2.75, 3.05) is 0 Å². The zero-order valence-electron chi connectivity index (χ0n) is 35.1. The monoisotopic (exact) mass is 889 g/mol. The summed E-state index contributed by atoms with van der Waals surface area (Å²) >= 11 is -0.826. The fourth-order valence-corrected chi connectivity index (χ4v) is 9.04. The minimum absolute atomic E-state index is 0.194. The van der Waals surface area contributed by atoms with Crippen LogP contribution in [0.5, 0.6) is 0 Å². The van der Waals surface area contributed by atoms with Gasteiger partial charge in [-0.05, 0) is 34.8 Å². The average Bonchev–Trinajstić information content (AvgIpc) is 3.97. The molecule has 58 heavy (non-hydrogen) atoms. The molecule has 0 aromatic heterocycles. The van der Waals surface area contributed by atoms with Gasteiger partial charge in [0.05, 0.1) is 9.52 Å². The first kappa shape index (κ1) is 43.8. The van der Waals surface area contributed by atoms with Gasteiger partial charge in [0, 0.05) is 0 Å². The van der Waals surface area contributed by atoms with E-state index < -0.39 is 20.8 Å². The van der Waals surface area contributed by atoms with E-state index in [1.807, 2.05) is 6.07 Å². The Bertz CT molecular complexity index is 2390. The molecule has 0 amide bonds. The Kier molecular flexibility index (Phi) is 14.7. The van der Waals surface area contributed by atoms with Gasteiger partial charge in [-0.2, -0.15) is 41.6 Å². The van der Waals surface area contributed by atoms with Gasteiger partial charge in [-0.3, -0.25) is 0 Å². The van der Waals surface area contributed by atoms with Gasteiger partial charge in [0.2, 0.25) is 0 Å². The van der Waals surface area contributed by atoms with Crippen molar-refractivity contribution >= 4 is 58.5 Å². The topological polar surface area (TPSA) is 0 Å². The van der Waals surface area contributed by atoms with Crippen molar-refractivity contribution in [3.63, 3.8) is 0 Å². The van der Waals surface area contributed by atoms with E-state index in [2.05, 4.69) is 207 Å². The number of rotatable bonds is 4. The molecule has 2 radical (unpaired) electrons. The standard InChI is InChI=1S/2C21H23.C12H7Si.2ClH.Zr/c2*1-5-15-11-12-17-13-18(21(2,3)4)14-19(17)20(15)16-9-7-6-8-10-16;1-3-7-11-9(5-1)10-6-2-4-8-12(10)13-11;;;/h2*6-14H,5H2,1-4H3;1-7H;2*1H;/q3*-1;;;+2/p-2. The number of benzene rings is 6. The molecule has 9 rings (SSSR count). The molecule has 1 aliphatic rings. The molecule has 0 atom stereocenters. The van der Waals surface area contributed by atoms with Gasteiger partial charge in [0.15, 0.2) is 0 Å². The number of aryl methyl sites for hydroxylation is 2. The second-order valence-corrected chi connectivity index (χ2v) is 21.9. The van der Waals surface area contributed by atoms with Crippen LogP contribution in [0.1, 0.15) is 77.6 Å². The predicted octanol–water partition coefficient (Wildman–Crippen LogP) is 14.7. The number of fused-ring (bicyclic) bond motifs is 5. The number of hydrogen-bond donors (Lipinski definition) is 0. The van der Waals surface area contributed by atoms with Gasteiger partial charge in [-0.1, -0.05) is 173 Å². The van der Waals surface area contributed by atoms with E-state index in [0.717, 1.165) is 22.4 Å². The normalized spacial score (nSPS) is 11.7. The Balaban J connectivity index is 0.000000145. The maximum absolute atomic E-state index is 4.93. The summed E-state index contributed by atoms with van der Waals surface area (Å²) in [6.07, 6.45) is 2.13. The molecule has 0 fully saturated rings. The third kappa shape index (κ3) is 10.1. The second-order valence-electron chi connectivity index (χ2n) is 16.8. The largest absolute Gasteiger partial charge is 0.184 e. The van der Waals surface area contributed by atoms with E-state index in [-0.39, 0.29) is 10.8 Å². The Labute approximate surface area is 368 Å². The predicted molar refractivity (Wildman–Crippen MR) is 254 cm³/mol. The molecular formula is C54H53Cl2SiZr-3. The minimum Gasteiger partial charge on any atom is -0.184 e. The van der Waals surface area contributed by atoms with E-state index in [9.17, 15) is 0 Å². The molecule has 8 aromatic carbocycles. The molecule has 1 aliphatic heterocycles. The summed E-state index contributed by atoms with van der Waals surface area (Å²) in [4.78, 5) is 0. The van der Waals surface area contributed by atoms with Gasteiger partial charge in [0.1, 0.15) is 0 Å². The van der Waals surface area contributed by atoms with Crippen molar-refractivity contribution in [1.29, 1.82) is 0 Å². The van der Waals surface area contributed by atoms with Crippen LogP contribution >= 0.6 is 17.0 Å². The maximum atomic E-state index is 4.93. The van der Waals surface area contributed by atoms with Gasteiger partial charge < -0.3 is 0 Å². The van der Waals surface area contributed by atoms with E-state index in [1.165, 1.54) is 87.6 Å². The van der Waals surface area contributed by atoms with Crippen molar-refractivity contribution < 1.29 is 20.8 Å². The van der Waals surface area contributed by atoms with Crippen molar-refractivity contribution in [2.45, 2.75) is 79.1 Å². The van der Waals surface area contributed by atoms with Crippen LogP contribution in [0.2, 0.25) is 0 Å². The van der Waals surface area contributed by atoms with Gasteiger partial charge in [-0.15, -0.1) is 74.6 Å². The average molecular weight is 892 g/mol. The van der Waals surface area contributed by atoms with Crippen LogP contribution in [0.15, 0.2) is 152 Å². The maximum Gasteiger partial charge on any atom is 0.0920 e. The van der Waals surface area contributed by atoms with Crippen LogP contribution in [0.4, 0.5) is 0 Å². The van der Waals surface area contributed by atoms with Crippen molar-refractivity contribution in [3.8, 4) is 33.4 Å². The number of hydrogen-bond acceptors (Lipinski definition) is 0. The molecule has 0 aliphatic carbocycles. The third-order valence-electron chi connectivity index (χ3n) is 10.9. The molecule has 0 unspecified atom stereocenters. The molecule has 0 N–H and O–H groups in total.